The minimum Gasteiger partial charge on any atom is -0.314 e. The van der Waals surface area contributed by atoms with E-state index in [4.69, 9.17) is 0 Å². The Balaban J connectivity index is 1.75. The van der Waals surface area contributed by atoms with Gasteiger partial charge in [-0.15, -0.1) is 11.3 Å². The van der Waals surface area contributed by atoms with E-state index < -0.39 is 10.0 Å². The van der Waals surface area contributed by atoms with Gasteiger partial charge >= 0.3 is 0 Å². The van der Waals surface area contributed by atoms with Crippen molar-refractivity contribution in [2.75, 3.05) is 12.3 Å². The van der Waals surface area contributed by atoms with Gasteiger partial charge < -0.3 is 5.32 Å². The second-order valence-electron chi connectivity index (χ2n) is 4.92. The zero-order valence-corrected chi connectivity index (χ0v) is 12.8. The molecule has 0 bridgehead atoms. The summed E-state index contributed by atoms with van der Waals surface area (Å²) in [6.07, 6.45) is 5.91. The van der Waals surface area contributed by atoms with Crippen molar-refractivity contribution in [3.05, 3.63) is 16.1 Å². The Morgan fingerprint density at radius 1 is 1.53 bits per heavy atom. The van der Waals surface area contributed by atoms with E-state index in [1.165, 1.54) is 24.2 Å². The molecule has 0 amide bonds. The van der Waals surface area contributed by atoms with Crippen molar-refractivity contribution in [3.8, 4) is 0 Å². The summed E-state index contributed by atoms with van der Waals surface area (Å²) >= 11 is 1.52. The van der Waals surface area contributed by atoms with Gasteiger partial charge in [-0.2, -0.15) is 0 Å². The number of nitrogens with zero attached hydrogens (tertiary/aromatic N) is 1. The summed E-state index contributed by atoms with van der Waals surface area (Å²) in [5.74, 6) is 0.197. The first-order chi connectivity index (χ1) is 9.05. The van der Waals surface area contributed by atoms with Crippen LogP contribution in [0.5, 0.6) is 0 Å². The third-order valence-electron chi connectivity index (χ3n) is 3.28. The van der Waals surface area contributed by atoms with Crippen LogP contribution in [-0.2, 0) is 16.6 Å². The lowest BCUT2D eigenvalue weighted by molar-refractivity contribution is 0.392. The normalized spacial score (nSPS) is 20.6. The molecule has 19 heavy (non-hydrogen) atoms. The van der Waals surface area contributed by atoms with Gasteiger partial charge in [-0.25, -0.2) is 18.1 Å². The van der Waals surface area contributed by atoms with Gasteiger partial charge in [-0.1, -0.05) is 6.42 Å². The molecular formula is C12H21N3O2S2. The summed E-state index contributed by atoms with van der Waals surface area (Å²) in [6.45, 7) is 3.28. The van der Waals surface area contributed by atoms with Crippen LogP contribution in [0.1, 0.15) is 35.6 Å². The van der Waals surface area contributed by atoms with E-state index >= 15 is 0 Å². The summed E-state index contributed by atoms with van der Waals surface area (Å²) in [6, 6.07) is 0.357. The lowest BCUT2D eigenvalue weighted by Crippen LogP contribution is -2.37. The van der Waals surface area contributed by atoms with E-state index in [0.29, 0.717) is 19.0 Å². The minimum absolute atomic E-state index is 0.197. The number of rotatable bonds is 6. The van der Waals surface area contributed by atoms with E-state index in [1.54, 1.807) is 6.20 Å². The summed E-state index contributed by atoms with van der Waals surface area (Å²) in [7, 11) is -3.18. The van der Waals surface area contributed by atoms with Gasteiger partial charge in [0.25, 0.3) is 0 Å². The van der Waals surface area contributed by atoms with Crippen molar-refractivity contribution < 1.29 is 8.42 Å². The number of aromatic nitrogens is 1. The van der Waals surface area contributed by atoms with Crippen LogP contribution in [0.3, 0.4) is 0 Å². The van der Waals surface area contributed by atoms with E-state index in [-0.39, 0.29) is 5.75 Å². The largest absolute Gasteiger partial charge is 0.314 e. The Morgan fingerprint density at radius 2 is 2.37 bits per heavy atom. The summed E-state index contributed by atoms with van der Waals surface area (Å²) in [5, 5.41) is 4.33. The Bertz CT molecular complexity index is 493. The van der Waals surface area contributed by atoms with E-state index in [9.17, 15) is 8.42 Å². The maximum absolute atomic E-state index is 11.9. The molecule has 0 aliphatic carbocycles. The van der Waals surface area contributed by atoms with Crippen molar-refractivity contribution in [3.63, 3.8) is 0 Å². The van der Waals surface area contributed by atoms with E-state index in [1.807, 2.05) is 6.92 Å². The smallest absolute Gasteiger partial charge is 0.211 e. The fraction of sp³-hybridized carbons (Fsp3) is 0.750. The lowest BCUT2D eigenvalue weighted by Gasteiger charge is -2.23. The molecule has 2 heterocycles. The molecule has 1 aromatic rings. The predicted molar refractivity (Wildman–Crippen MR) is 77.7 cm³/mol. The van der Waals surface area contributed by atoms with Gasteiger partial charge in [0.15, 0.2) is 0 Å². The zero-order chi connectivity index (χ0) is 13.7. The molecule has 7 heteroatoms. The van der Waals surface area contributed by atoms with E-state index in [0.717, 1.165) is 22.9 Å². The first-order valence-electron chi connectivity index (χ1n) is 6.67. The standard InChI is InChI=1S/C12H21N3O2S2/c1-10-14-8-12(18-10)9-15-19(16,17)7-5-11-4-2-3-6-13-11/h8,11,13,15H,2-7,9H2,1H3. The molecule has 2 N–H and O–H groups in total. The number of hydrogen-bond donors (Lipinski definition) is 2. The molecule has 2 rings (SSSR count). The van der Waals surface area contributed by atoms with Gasteiger partial charge in [0.2, 0.25) is 10.0 Å². The number of hydrogen-bond acceptors (Lipinski definition) is 5. The van der Waals surface area contributed by atoms with Crippen LogP contribution in [0.25, 0.3) is 0 Å². The third kappa shape index (κ3) is 5.18. The Hall–Kier alpha value is -0.500. The monoisotopic (exact) mass is 303 g/mol. The number of piperidine rings is 1. The van der Waals surface area contributed by atoms with Gasteiger partial charge in [0.1, 0.15) is 0 Å². The molecule has 1 fully saturated rings. The molecule has 0 saturated carbocycles. The summed E-state index contributed by atoms with van der Waals surface area (Å²) in [4.78, 5) is 5.07. The van der Waals surface area contributed by atoms with Gasteiger partial charge in [0.05, 0.1) is 10.8 Å². The maximum Gasteiger partial charge on any atom is 0.211 e. The quantitative estimate of drug-likeness (QED) is 0.833. The van der Waals surface area contributed by atoms with Crippen molar-refractivity contribution in [2.45, 2.75) is 45.2 Å². The highest BCUT2D eigenvalue weighted by Gasteiger charge is 2.17. The maximum atomic E-state index is 11.9. The number of sulfonamides is 1. The average Bonchev–Trinajstić information content (AvgIpc) is 2.82. The molecule has 1 aromatic heterocycles. The first-order valence-corrected chi connectivity index (χ1v) is 9.14. The highest BCUT2D eigenvalue weighted by atomic mass is 32.2. The second-order valence-corrected chi connectivity index (χ2v) is 8.17. The highest BCUT2D eigenvalue weighted by molar-refractivity contribution is 7.89. The fourth-order valence-corrected chi connectivity index (χ4v) is 4.15. The van der Waals surface area contributed by atoms with Gasteiger partial charge in [-0.05, 0) is 32.7 Å². The SMILES string of the molecule is Cc1ncc(CNS(=O)(=O)CCC2CCCCN2)s1. The van der Waals surface area contributed by atoms with Crippen LogP contribution in [0, 0.1) is 6.92 Å². The predicted octanol–water partition coefficient (Wildman–Crippen LogP) is 1.40. The molecule has 5 nitrogen and oxygen atoms in total. The molecule has 0 spiro atoms. The van der Waals surface area contributed by atoms with Gasteiger partial charge in [-0.3, -0.25) is 0 Å². The summed E-state index contributed by atoms with van der Waals surface area (Å²) in [5.41, 5.74) is 0. The number of aryl methyl sites for hydroxylation is 1. The Morgan fingerprint density at radius 3 is 3.00 bits per heavy atom. The summed E-state index contributed by atoms with van der Waals surface area (Å²) < 4.78 is 26.4. The topological polar surface area (TPSA) is 71.1 Å². The molecule has 1 aliphatic rings. The highest BCUT2D eigenvalue weighted by Crippen LogP contribution is 2.13. The molecule has 108 valence electrons. The van der Waals surface area contributed by atoms with Crippen LogP contribution < -0.4 is 10.0 Å². The van der Waals surface area contributed by atoms with Crippen molar-refractivity contribution >= 4 is 21.4 Å². The molecule has 1 unspecified atom stereocenters. The Labute approximate surface area is 118 Å². The third-order valence-corrected chi connectivity index (χ3v) is 5.55. The zero-order valence-electron chi connectivity index (χ0n) is 11.2. The first kappa shape index (κ1) is 14.9. The second kappa shape index (κ2) is 6.78. The molecule has 0 radical (unpaired) electrons. The number of thiazole rings is 1. The Kier molecular flexibility index (Phi) is 5.32. The molecule has 1 atom stereocenters. The van der Waals surface area contributed by atoms with Crippen LogP contribution in [0.15, 0.2) is 6.20 Å². The van der Waals surface area contributed by atoms with Crippen LogP contribution in [-0.4, -0.2) is 31.7 Å². The van der Waals surface area contributed by atoms with Crippen molar-refractivity contribution in [2.24, 2.45) is 0 Å². The molecule has 0 aromatic carbocycles. The number of nitrogens with one attached hydrogen (secondary N) is 2. The van der Waals surface area contributed by atoms with Crippen molar-refractivity contribution in [1.29, 1.82) is 0 Å². The molecule has 1 aliphatic heterocycles. The molecular weight excluding hydrogens is 282 g/mol. The minimum atomic E-state index is -3.18. The fourth-order valence-electron chi connectivity index (χ4n) is 2.21. The molecule has 1 saturated heterocycles. The van der Waals surface area contributed by atoms with Crippen LogP contribution in [0.2, 0.25) is 0 Å². The van der Waals surface area contributed by atoms with Crippen LogP contribution in [0.4, 0.5) is 0 Å². The van der Waals surface area contributed by atoms with E-state index in [2.05, 4.69) is 15.0 Å². The average molecular weight is 303 g/mol. The lowest BCUT2D eigenvalue weighted by atomic mass is 10.0. The van der Waals surface area contributed by atoms with Gasteiger partial charge in [0, 0.05) is 23.7 Å². The van der Waals surface area contributed by atoms with Crippen LogP contribution >= 0.6 is 11.3 Å². The van der Waals surface area contributed by atoms with Crippen molar-refractivity contribution in [1.82, 2.24) is 15.0 Å².